The fraction of sp³-hybridized carbons (Fsp3) is 0.571. The molecule has 1 heterocycles. The zero-order valence-corrected chi connectivity index (χ0v) is 10.2. The van der Waals surface area contributed by atoms with Crippen molar-refractivity contribution < 1.29 is 9.47 Å². The van der Waals surface area contributed by atoms with Gasteiger partial charge in [-0.25, -0.2) is 0 Å². The van der Waals surface area contributed by atoms with Gasteiger partial charge in [0.05, 0.1) is 19.8 Å². The molecule has 1 saturated carbocycles. The molecule has 1 saturated heterocycles. The van der Waals surface area contributed by atoms with Gasteiger partial charge in [-0.3, -0.25) is 0 Å². The highest BCUT2D eigenvalue weighted by molar-refractivity contribution is 5.42. The summed E-state index contributed by atoms with van der Waals surface area (Å²) in [6.07, 6.45) is 2.13. The minimum atomic E-state index is -0.131. The summed E-state index contributed by atoms with van der Waals surface area (Å²) < 4.78 is 11.2. The number of rotatable bonds is 4. The first kappa shape index (κ1) is 11.1. The molecule has 2 aliphatic rings. The van der Waals surface area contributed by atoms with Crippen LogP contribution in [0.25, 0.3) is 0 Å². The molecule has 0 unspecified atom stereocenters. The first-order chi connectivity index (χ1) is 8.11. The maximum Gasteiger partial charge on any atom is 0.124 e. The first-order valence-corrected chi connectivity index (χ1v) is 6.20. The summed E-state index contributed by atoms with van der Waals surface area (Å²) in [5.41, 5.74) is 7.45. The molecule has 17 heavy (non-hydrogen) atoms. The molecule has 3 nitrogen and oxygen atoms in total. The summed E-state index contributed by atoms with van der Waals surface area (Å²) in [4.78, 5) is 0. The van der Waals surface area contributed by atoms with Crippen LogP contribution in [0.1, 0.15) is 25.3 Å². The van der Waals surface area contributed by atoms with Crippen molar-refractivity contribution in [1.29, 1.82) is 0 Å². The molecule has 1 aliphatic carbocycles. The van der Waals surface area contributed by atoms with Crippen LogP contribution in [0, 0.1) is 5.41 Å². The summed E-state index contributed by atoms with van der Waals surface area (Å²) in [6, 6.07) is 8.14. The van der Waals surface area contributed by atoms with Crippen molar-refractivity contribution in [3.8, 4) is 5.75 Å². The second-order valence-corrected chi connectivity index (χ2v) is 5.74. The molecule has 0 amide bonds. The fourth-order valence-electron chi connectivity index (χ4n) is 2.19. The predicted molar refractivity (Wildman–Crippen MR) is 66.0 cm³/mol. The van der Waals surface area contributed by atoms with Crippen molar-refractivity contribution in [1.82, 2.24) is 0 Å². The second-order valence-electron chi connectivity index (χ2n) is 5.74. The van der Waals surface area contributed by atoms with E-state index in [1.165, 1.54) is 0 Å². The number of para-hydroxylation sites is 1. The summed E-state index contributed by atoms with van der Waals surface area (Å²) in [6.45, 7) is 4.49. The minimum Gasteiger partial charge on any atom is -0.492 e. The topological polar surface area (TPSA) is 44.5 Å². The van der Waals surface area contributed by atoms with E-state index in [2.05, 4.69) is 13.0 Å². The Morgan fingerprint density at radius 2 is 2.00 bits per heavy atom. The first-order valence-electron chi connectivity index (χ1n) is 6.20. The van der Waals surface area contributed by atoms with E-state index in [9.17, 15) is 0 Å². The lowest BCUT2D eigenvalue weighted by Gasteiger charge is -2.37. The largest absolute Gasteiger partial charge is 0.492 e. The lowest BCUT2D eigenvalue weighted by atomic mass is 9.90. The monoisotopic (exact) mass is 233 g/mol. The standard InChI is InChI=1S/C14H19NO2/c1-13(8-16-9-13)10-17-12-5-3-2-4-11(12)14(15)6-7-14/h2-5H,6-10,15H2,1H3. The van der Waals surface area contributed by atoms with Gasteiger partial charge in [0, 0.05) is 16.5 Å². The summed E-state index contributed by atoms with van der Waals surface area (Å²) >= 11 is 0. The van der Waals surface area contributed by atoms with E-state index in [4.69, 9.17) is 15.2 Å². The highest BCUT2D eigenvalue weighted by Gasteiger charge is 2.42. The van der Waals surface area contributed by atoms with Crippen molar-refractivity contribution >= 4 is 0 Å². The van der Waals surface area contributed by atoms with Gasteiger partial charge in [0.25, 0.3) is 0 Å². The van der Waals surface area contributed by atoms with E-state index in [0.29, 0.717) is 6.61 Å². The van der Waals surface area contributed by atoms with Crippen molar-refractivity contribution in [2.45, 2.75) is 25.3 Å². The summed E-state index contributed by atoms with van der Waals surface area (Å²) in [7, 11) is 0. The Morgan fingerprint density at radius 1 is 1.29 bits per heavy atom. The molecule has 0 radical (unpaired) electrons. The van der Waals surface area contributed by atoms with Crippen molar-refractivity contribution in [3.05, 3.63) is 29.8 Å². The van der Waals surface area contributed by atoms with Crippen LogP contribution in [0.3, 0.4) is 0 Å². The van der Waals surface area contributed by atoms with Gasteiger partial charge in [-0.05, 0) is 18.9 Å². The smallest absolute Gasteiger partial charge is 0.124 e. The van der Waals surface area contributed by atoms with Crippen LogP contribution in [0.2, 0.25) is 0 Å². The van der Waals surface area contributed by atoms with Crippen LogP contribution in [-0.2, 0) is 10.3 Å². The normalized spacial score (nSPS) is 23.9. The highest BCUT2D eigenvalue weighted by atomic mass is 16.5. The molecule has 2 N–H and O–H groups in total. The van der Waals surface area contributed by atoms with Gasteiger partial charge < -0.3 is 15.2 Å². The van der Waals surface area contributed by atoms with Gasteiger partial charge in [0.2, 0.25) is 0 Å². The molecule has 0 aromatic heterocycles. The molecule has 2 fully saturated rings. The average Bonchev–Trinajstić information content (AvgIpc) is 3.04. The Hall–Kier alpha value is -1.06. The number of hydrogen-bond donors (Lipinski definition) is 1. The molecule has 1 aromatic rings. The van der Waals surface area contributed by atoms with E-state index in [-0.39, 0.29) is 11.0 Å². The van der Waals surface area contributed by atoms with Crippen LogP contribution < -0.4 is 10.5 Å². The molecule has 1 aliphatic heterocycles. The quantitative estimate of drug-likeness (QED) is 0.865. The van der Waals surface area contributed by atoms with Crippen molar-refractivity contribution in [2.75, 3.05) is 19.8 Å². The van der Waals surface area contributed by atoms with Crippen LogP contribution in [0.5, 0.6) is 5.75 Å². The molecule has 0 spiro atoms. The zero-order valence-electron chi connectivity index (χ0n) is 10.2. The average molecular weight is 233 g/mol. The van der Waals surface area contributed by atoms with E-state index >= 15 is 0 Å². The molecule has 1 aromatic carbocycles. The molecular formula is C14H19NO2. The number of ether oxygens (including phenoxy) is 2. The SMILES string of the molecule is CC1(COc2ccccc2C2(N)CC2)COC1. The predicted octanol–water partition coefficient (Wildman–Crippen LogP) is 2.05. The van der Waals surface area contributed by atoms with E-state index in [0.717, 1.165) is 37.4 Å². The Morgan fingerprint density at radius 3 is 2.59 bits per heavy atom. The highest BCUT2D eigenvalue weighted by Crippen LogP contribution is 2.46. The van der Waals surface area contributed by atoms with Crippen molar-refractivity contribution in [3.63, 3.8) is 0 Å². The molecule has 3 rings (SSSR count). The van der Waals surface area contributed by atoms with Gasteiger partial charge in [-0.2, -0.15) is 0 Å². The Bertz CT molecular complexity index is 422. The van der Waals surface area contributed by atoms with Crippen LogP contribution in [0.15, 0.2) is 24.3 Å². The third kappa shape index (κ3) is 2.05. The summed E-state index contributed by atoms with van der Waals surface area (Å²) in [5, 5.41) is 0. The minimum absolute atomic E-state index is 0.131. The maximum atomic E-state index is 6.25. The number of benzene rings is 1. The van der Waals surface area contributed by atoms with Crippen LogP contribution in [-0.4, -0.2) is 19.8 Å². The summed E-state index contributed by atoms with van der Waals surface area (Å²) in [5.74, 6) is 0.945. The van der Waals surface area contributed by atoms with Gasteiger partial charge >= 0.3 is 0 Å². The fourth-order valence-corrected chi connectivity index (χ4v) is 2.19. The zero-order chi connectivity index (χ0) is 11.9. The van der Waals surface area contributed by atoms with E-state index in [1.54, 1.807) is 0 Å². The Labute approximate surface area is 102 Å². The third-order valence-electron chi connectivity index (χ3n) is 3.69. The van der Waals surface area contributed by atoms with Crippen LogP contribution in [0.4, 0.5) is 0 Å². The van der Waals surface area contributed by atoms with Crippen LogP contribution >= 0.6 is 0 Å². The van der Waals surface area contributed by atoms with Gasteiger partial charge in [0.15, 0.2) is 0 Å². The third-order valence-corrected chi connectivity index (χ3v) is 3.69. The number of nitrogens with two attached hydrogens (primary N) is 1. The van der Waals surface area contributed by atoms with Gasteiger partial charge in [-0.15, -0.1) is 0 Å². The Kier molecular flexibility index (Phi) is 2.42. The molecule has 3 heteroatoms. The molecular weight excluding hydrogens is 214 g/mol. The lowest BCUT2D eigenvalue weighted by Crippen LogP contribution is -2.44. The van der Waals surface area contributed by atoms with E-state index in [1.807, 2.05) is 18.2 Å². The molecule has 92 valence electrons. The Balaban J connectivity index is 1.74. The second kappa shape index (κ2) is 3.72. The lowest BCUT2D eigenvalue weighted by molar-refractivity contribution is -0.120. The molecule has 0 atom stereocenters. The maximum absolute atomic E-state index is 6.25. The number of hydrogen-bond acceptors (Lipinski definition) is 3. The van der Waals surface area contributed by atoms with Gasteiger partial charge in [-0.1, -0.05) is 25.1 Å². The molecule has 0 bridgehead atoms. The van der Waals surface area contributed by atoms with E-state index < -0.39 is 0 Å². The van der Waals surface area contributed by atoms with Crippen molar-refractivity contribution in [2.24, 2.45) is 11.1 Å². The van der Waals surface area contributed by atoms with Gasteiger partial charge in [0.1, 0.15) is 5.75 Å².